The molecule has 2 aromatic carbocycles. The highest BCUT2D eigenvalue weighted by Crippen LogP contribution is 2.38. The number of aryl methyl sites for hydroxylation is 1. The van der Waals surface area contributed by atoms with E-state index in [4.69, 9.17) is 4.11 Å². The molecule has 4 heteroatoms. The highest BCUT2D eigenvalue weighted by atomic mass is 15.2. The average molecular weight is 340 g/mol. The summed E-state index contributed by atoms with van der Waals surface area (Å²) in [6.45, 7) is -1.70. The van der Waals surface area contributed by atoms with Gasteiger partial charge in [0.15, 0.2) is 5.52 Å². The monoisotopic (exact) mass is 340 g/mol. The van der Waals surface area contributed by atoms with Crippen molar-refractivity contribution in [1.29, 1.82) is 0 Å². The smallest absolute Gasteiger partial charge is 0.264 e. The van der Waals surface area contributed by atoms with E-state index in [1.165, 1.54) is 4.57 Å². The molecule has 124 valence electrons. The van der Waals surface area contributed by atoms with Gasteiger partial charge in [-0.25, -0.2) is 13.7 Å². The van der Waals surface area contributed by atoms with Crippen LogP contribution in [0.1, 0.15) is 9.68 Å². The zero-order valence-electron chi connectivity index (χ0n) is 16.9. The third-order valence-corrected chi connectivity index (χ3v) is 5.27. The minimum absolute atomic E-state index is 0.634. The Balaban J connectivity index is 1.88. The zero-order valence-corrected chi connectivity index (χ0v) is 13.9. The molecule has 0 radical (unpaired) electrons. The molecular weight excluding hydrogens is 320 g/mol. The molecule has 0 atom stereocenters. The van der Waals surface area contributed by atoms with Crippen molar-refractivity contribution in [2.75, 3.05) is 0 Å². The van der Waals surface area contributed by atoms with E-state index in [0.717, 1.165) is 33.2 Å². The van der Waals surface area contributed by atoms with Crippen LogP contribution in [-0.2, 0) is 13.5 Å². The maximum atomic E-state index is 8.36. The third kappa shape index (κ3) is 1.59. The number of fused-ring (bicyclic) bond motifs is 7. The SMILES string of the molecule is [2H]C([2H])([2H])[n+]1c2n(c3c4ccccc4n(-c4ccccc4)c31)Cc1ccncc1-2. The number of aromatic nitrogens is 4. The van der Waals surface area contributed by atoms with Crippen LogP contribution in [0.2, 0.25) is 0 Å². The summed E-state index contributed by atoms with van der Waals surface area (Å²) in [4.78, 5) is 4.26. The van der Waals surface area contributed by atoms with Gasteiger partial charge in [-0.05, 0) is 30.3 Å². The van der Waals surface area contributed by atoms with Gasteiger partial charge in [0.05, 0.1) is 28.6 Å². The van der Waals surface area contributed by atoms with Crippen molar-refractivity contribution < 1.29 is 8.68 Å². The lowest BCUT2D eigenvalue weighted by atomic mass is 10.2. The molecule has 0 unspecified atom stereocenters. The Bertz CT molecular complexity index is 1410. The number of rotatable bonds is 1. The van der Waals surface area contributed by atoms with Crippen LogP contribution in [0, 0.1) is 0 Å². The summed E-state index contributed by atoms with van der Waals surface area (Å²) in [5.74, 6) is 0.688. The van der Waals surface area contributed by atoms with Crippen molar-refractivity contribution in [3.05, 3.63) is 78.6 Å². The molecule has 0 N–H and O–H groups in total. The van der Waals surface area contributed by atoms with Crippen LogP contribution in [0.15, 0.2) is 73.1 Å². The number of nitrogens with zero attached hydrogens (tertiary/aromatic N) is 4. The van der Waals surface area contributed by atoms with E-state index >= 15 is 0 Å². The Hall–Kier alpha value is -3.40. The molecule has 5 aromatic rings. The Kier molecular flexibility index (Phi) is 2.09. The first-order chi connectivity index (χ1) is 14.1. The van der Waals surface area contributed by atoms with E-state index in [2.05, 4.69) is 20.2 Å². The summed E-state index contributed by atoms with van der Waals surface area (Å²) in [7, 11) is 0. The topological polar surface area (TPSA) is 26.6 Å². The van der Waals surface area contributed by atoms with E-state index < -0.39 is 6.98 Å². The number of benzene rings is 2. The van der Waals surface area contributed by atoms with Gasteiger partial charge in [-0.15, -0.1) is 0 Å². The van der Waals surface area contributed by atoms with Crippen LogP contribution in [0.5, 0.6) is 0 Å². The van der Waals surface area contributed by atoms with Gasteiger partial charge in [0.1, 0.15) is 11.2 Å². The van der Waals surface area contributed by atoms with E-state index in [1.54, 1.807) is 12.4 Å². The quantitative estimate of drug-likeness (QED) is 0.418. The van der Waals surface area contributed by atoms with Crippen molar-refractivity contribution >= 4 is 22.1 Å². The molecule has 0 saturated heterocycles. The average Bonchev–Trinajstić information content (AvgIpc) is 3.34. The third-order valence-electron chi connectivity index (χ3n) is 5.27. The minimum atomic E-state index is -2.34. The summed E-state index contributed by atoms with van der Waals surface area (Å²) in [6, 6.07) is 20.0. The van der Waals surface area contributed by atoms with Crippen LogP contribution < -0.4 is 4.57 Å². The highest BCUT2D eigenvalue weighted by molar-refractivity contribution is 6.06. The molecule has 0 aliphatic carbocycles. The van der Waals surface area contributed by atoms with Gasteiger partial charge in [-0.2, -0.15) is 0 Å². The molecule has 0 saturated carbocycles. The molecule has 4 heterocycles. The molecule has 26 heavy (non-hydrogen) atoms. The van der Waals surface area contributed by atoms with Gasteiger partial charge < -0.3 is 0 Å². The standard InChI is InChI=1S/C22H17N4/c1-24-21-18-13-23-12-11-15(18)14-25(21)20-17-9-5-6-10-19(17)26(22(20)24)16-7-3-2-4-8-16/h2-13H,14H2,1H3/q+1/i1D3. The number of imidazole rings is 1. The number of para-hydroxylation sites is 2. The van der Waals surface area contributed by atoms with Crippen LogP contribution in [-0.4, -0.2) is 14.1 Å². The van der Waals surface area contributed by atoms with Crippen molar-refractivity contribution in [2.24, 2.45) is 6.98 Å². The van der Waals surface area contributed by atoms with E-state index in [1.807, 2.05) is 54.6 Å². The molecule has 1 aliphatic heterocycles. The fourth-order valence-electron chi connectivity index (χ4n) is 4.20. The molecule has 1 aliphatic rings. The molecule has 3 aromatic heterocycles. The highest BCUT2D eigenvalue weighted by Gasteiger charge is 2.35. The number of pyridine rings is 1. The number of hydrogen-bond donors (Lipinski definition) is 0. The summed E-state index contributed by atoms with van der Waals surface area (Å²) >= 11 is 0. The molecule has 4 nitrogen and oxygen atoms in total. The van der Waals surface area contributed by atoms with Crippen molar-refractivity contribution in [2.45, 2.75) is 6.54 Å². The molecule has 0 fully saturated rings. The maximum Gasteiger partial charge on any atom is 0.274 e. The summed E-state index contributed by atoms with van der Waals surface area (Å²) in [6.07, 6.45) is 3.53. The molecule has 6 rings (SSSR count). The number of hydrogen-bond acceptors (Lipinski definition) is 1. The lowest BCUT2D eigenvalue weighted by molar-refractivity contribution is -0.636. The van der Waals surface area contributed by atoms with Gasteiger partial charge in [-0.1, -0.05) is 30.3 Å². The van der Waals surface area contributed by atoms with Gasteiger partial charge in [0, 0.05) is 18.0 Å². The molecular formula is C22H17N4+. The lowest BCUT2D eigenvalue weighted by Gasteiger charge is -2.03. The van der Waals surface area contributed by atoms with Crippen LogP contribution >= 0.6 is 0 Å². The van der Waals surface area contributed by atoms with Gasteiger partial charge in [-0.3, -0.25) is 4.98 Å². The molecule has 0 spiro atoms. The van der Waals surface area contributed by atoms with Crippen molar-refractivity contribution in [1.82, 2.24) is 14.1 Å². The normalized spacial score (nSPS) is 14.8. The van der Waals surface area contributed by atoms with Crippen LogP contribution in [0.25, 0.3) is 39.1 Å². The fourth-order valence-corrected chi connectivity index (χ4v) is 4.20. The largest absolute Gasteiger partial charge is 0.274 e. The first-order valence-electron chi connectivity index (χ1n) is 10.1. The van der Waals surface area contributed by atoms with Gasteiger partial charge >= 0.3 is 0 Å². The first kappa shape index (κ1) is 11.3. The Morgan fingerprint density at radius 3 is 2.77 bits per heavy atom. The summed E-state index contributed by atoms with van der Waals surface area (Å²) < 4.78 is 30.8. The van der Waals surface area contributed by atoms with Crippen molar-refractivity contribution in [3.8, 4) is 17.1 Å². The van der Waals surface area contributed by atoms with E-state index in [0.29, 0.717) is 18.0 Å². The van der Waals surface area contributed by atoms with Gasteiger partial charge in [0.2, 0.25) is 5.82 Å². The predicted octanol–water partition coefficient (Wildman–Crippen LogP) is 3.83. The second-order valence-electron chi connectivity index (χ2n) is 6.64. The second-order valence-corrected chi connectivity index (χ2v) is 6.64. The summed E-state index contributed by atoms with van der Waals surface area (Å²) in [5, 5.41) is 1.04. The zero-order chi connectivity index (χ0) is 19.8. The predicted molar refractivity (Wildman–Crippen MR) is 102 cm³/mol. The van der Waals surface area contributed by atoms with Gasteiger partial charge in [0.25, 0.3) is 5.65 Å². The Labute approximate surface area is 154 Å². The van der Waals surface area contributed by atoms with Crippen molar-refractivity contribution in [3.63, 3.8) is 0 Å². The van der Waals surface area contributed by atoms with E-state index in [9.17, 15) is 0 Å². The fraction of sp³-hybridized carbons (Fsp3) is 0.0909. The second kappa shape index (κ2) is 4.82. The van der Waals surface area contributed by atoms with Crippen LogP contribution in [0.3, 0.4) is 0 Å². The van der Waals surface area contributed by atoms with Crippen LogP contribution in [0.4, 0.5) is 0 Å². The van der Waals surface area contributed by atoms with E-state index in [-0.39, 0.29) is 0 Å². The first-order valence-corrected chi connectivity index (χ1v) is 8.62. The molecule has 0 amide bonds. The lowest BCUT2D eigenvalue weighted by Crippen LogP contribution is -2.31. The maximum absolute atomic E-state index is 8.36. The Morgan fingerprint density at radius 1 is 1.04 bits per heavy atom. The Morgan fingerprint density at radius 2 is 1.88 bits per heavy atom. The minimum Gasteiger partial charge on any atom is -0.264 e. The summed E-state index contributed by atoms with van der Waals surface area (Å²) in [5.41, 5.74) is 5.52. The molecule has 0 bridgehead atoms.